The fraction of sp³-hybridized carbons (Fsp3) is 0.692. The van der Waals surface area contributed by atoms with Gasteiger partial charge in [-0.2, -0.15) is 13.2 Å². The summed E-state index contributed by atoms with van der Waals surface area (Å²) in [7, 11) is 0. The lowest BCUT2D eigenvalue weighted by molar-refractivity contribution is -0.174. The first kappa shape index (κ1) is 16.0. The summed E-state index contributed by atoms with van der Waals surface area (Å²) in [6.07, 6.45) is 1.24. The third kappa shape index (κ3) is 7.89. The molecule has 1 N–H and O–H groups in total. The van der Waals surface area contributed by atoms with E-state index in [4.69, 9.17) is 4.42 Å². The van der Waals surface area contributed by atoms with Gasteiger partial charge >= 0.3 is 6.18 Å². The molecule has 1 aromatic rings. The molecule has 1 unspecified atom stereocenters. The number of hydrogen-bond acceptors (Lipinski definition) is 3. The van der Waals surface area contributed by atoms with Crippen molar-refractivity contribution in [2.24, 2.45) is 0 Å². The number of furan rings is 1. The second kappa shape index (κ2) is 8.22. The van der Waals surface area contributed by atoms with E-state index in [0.717, 1.165) is 24.9 Å². The summed E-state index contributed by atoms with van der Waals surface area (Å²) in [5.74, 6) is 0. The summed E-state index contributed by atoms with van der Waals surface area (Å²) in [6.45, 7) is 1.79. The van der Waals surface area contributed by atoms with Crippen molar-refractivity contribution in [1.29, 1.82) is 0 Å². The molecule has 0 radical (unpaired) electrons. The minimum absolute atomic E-state index is 0.0960. The summed E-state index contributed by atoms with van der Waals surface area (Å²) in [6, 6.07) is 1.96. The summed E-state index contributed by atoms with van der Waals surface area (Å²) in [4.78, 5) is 0. The molecule has 110 valence electrons. The Morgan fingerprint density at radius 1 is 1.42 bits per heavy atom. The van der Waals surface area contributed by atoms with E-state index < -0.39 is 12.8 Å². The van der Waals surface area contributed by atoms with Gasteiger partial charge in [0.05, 0.1) is 12.5 Å². The van der Waals surface area contributed by atoms with Crippen molar-refractivity contribution >= 4 is 0 Å². The normalized spacial score (nSPS) is 13.7. The van der Waals surface area contributed by atoms with E-state index in [1.165, 1.54) is 0 Å². The molecule has 3 nitrogen and oxygen atoms in total. The quantitative estimate of drug-likeness (QED) is 0.705. The maximum Gasteiger partial charge on any atom is 0.411 e. The van der Waals surface area contributed by atoms with Gasteiger partial charge in [0, 0.05) is 12.6 Å². The Hall–Kier alpha value is -1.01. The first-order valence-electron chi connectivity index (χ1n) is 6.40. The van der Waals surface area contributed by atoms with Crippen molar-refractivity contribution in [3.63, 3.8) is 0 Å². The van der Waals surface area contributed by atoms with Crippen LogP contribution in [0.25, 0.3) is 0 Å². The number of rotatable bonds is 9. The van der Waals surface area contributed by atoms with E-state index in [1.54, 1.807) is 12.5 Å². The van der Waals surface area contributed by atoms with Crippen LogP contribution in [0.1, 0.15) is 25.3 Å². The minimum Gasteiger partial charge on any atom is -0.472 e. The van der Waals surface area contributed by atoms with Gasteiger partial charge in [-0.3, -0.25) is 0 Å². The summed E-state index contributed by atoms with van der Waals surface area (Å²) >= 11 is 0. The first-order chi connectivity index (χ1) is 9.01. The van der Waals surface area contributed by atoms with Gasteiger partial charge in [-0.15, -0.1) is 0 Å². The van der Waals surface area contributed by atoms with Crippen molar-refractivity contribution in [1.82, 2.24) is 5.32 Å². The van der Waals surface area contributed by atoms with Crippen molar-refractivity contribution in [2.75, 3.05) is 19.8 Å². The lowest BCUT2D eigenvalue weighted by Crippen LogP contribution is -2.33. The standard InChI is InChI=1S/C13H20F3NO2/c1-2-5-17-12(8-11-3-6-18-9-11)4-7-19-10-13(14,15)16/h3,6,9,12,17H,2,4-5,7-8,10H2,1H3. The molecule has 0 amide bonds. The van der Waals surface area contributed by atoms with Crippen molar-refractivity contribution < 1.29 is 22.3 Å². The molecule has 0 aliphatic heterocycles. The molecule has 6 heteroatoms. The number of nitrogens with one attached hydrogen (secondary N) is 1. The molecule has 1 heterocycles. The van der Waals surface area contributed by atoms with E-state index in [9.17, 15) is 13.2 Å². The van der Waals surface area contributed by atoms with Crippen molar-refractivity contribution in [3.05, 3.63) is 24.2 Å². The molecule has 0 saturated heterocycles. The van der Waals surface area contributed by atoms with Crippen LogP contribution in [0.15, 0.2) is 23.0 Å². The Morgan fingerprint density at radius 2 is 2.21 bits per heavy atom. The number of alkyl halides is 3. The molecule has 0 saturated carbocycles. The molecule has 0 aliphatic rings. The van der Waals surface area contributed by atoms with E-state index >= 15 is 0 Å². The van der Waals surface area contributed by atoms with Crippen LogP contribution in [0.2, 0.25) is 0 Å². The van der Waals surface area contributed by atoms with Gasteiger partial charge in [0.15, 0.2) is 0 Å². The number of ether oxygens (including phenoxy) is 1. The van der Waals surface area contributed by atoms with Crippen molar-refractivity contribution in [2.45, 2.75) is 38.4 Å². The molecule has 0 aliphatic carbocycles. The highest BCUT2D eigenvalue weighted by Crippen LogP contribution is 2.15. The van der Waals surface area contributed by atoms with Gasteiger partial charge in [-0.1, -0.05) is 6.92 Å². The molecule has 1 aromatic heterocycles. The van der Waals surface area contributed by atoms with Crippen LogP contribution in [-0.2, 0) is 11.2 Å². The maximum atomic E-state index is 11.9. The average Bonchev–Trinajstić information content (AvgIpc) is 2.82. The van der Waals surface area contributed by atoms with Gasteiger partial charge < -0.3 is 14.5 Å². The SMILES string of the molecule is CCCNC(CCOCC(F)(F)F)Cc1ccoc1. The molecule has 0 fully saturated rings. The summed E-state index contributed by atoms with van der Waals surface area (Å²) in [5.41, 5.74) is 1.03. The third-order valence-corrected chi connectivity index (χ3v) is 2.62. The van der Waals surface area contributed by atoms with Gasteiger partial charge in [-0.05, 0) is 37.4 Å². The molecular weight excluding hydrogens is 259 g/mol. The second-order valence-electron chi connectivity index (χ2n) is 4.44. The zero-order valence-corrected chi connectivity index (χ0v) is 11.0. The Labute approximate surface area is 111 Å². The van der Waals surface area contributed by atoms with Gasteiger partial charge in [0.25, 0.3) is 0 Å². The molecule has 0 bridgehead atoms. The topological polar surface area (TPSA) is 34.4 Å². The minimum atomic E-state index is -4.25. The largest absolute Gasteiger partial charge is 0.472 e. The van der Waals surface area contributed by atoms with Crippen LogP contribution in [0.4, 0.5) is 13.2 Å². The zero-order valence-electron chi connectivity index (χ0n) is 11.0. The molecule has 0 aromatic carbocycles. The molecular formula is C13H20F3NO2. The smallest absolute Gasteiger partial charge is 0.411 e. The van der Waals surface area contributed by atoms with E-state index in [1.807, 2.05) is 13.0 Å². The highest BCUT2D eigenvalue weighted by atomic mass is 19.4. The zero-order chi connectivity index (χ0) is 14.1. The van der Waals surface area contributed by atoms with E-state index in [0.29, 0.717) is 6.42 Å². The summed E-state index contributed by atoms with van der Waals surface area (Å²) in [5, 5.41) is 3.30. The van der Waals surface area contributed by atoms with Crippen LogP contribution < -0.4 is 5.32 Å². The second-order valence-corrected chi connectivity index (χ2v) is 4.44. The van der Waals surface area contributed by atoms with Crippen LogP contribution in [0, 0.1) is 0 Å². The van der Waals surface area contributed by atoms with Gasteiger partial charge in [0.2, 0.25) is 0 Å². The van der Waals surface area contributed by atoms with Crippen LogP contribution in [0.3, 0.4) is 0 Å². The predicted octanol–water partition coefficient (Wildman–Crippen LogP) is 3.16. The molecule has 0 spiro atoms. The van der Waals surface area contributed by atoms with Crippen molar-refractivity contribution in [3.8, 4) is 0 Å². The Balaban J connectivity index is 2.29. The highest BCUT2D eigenvalue weighted by molar-refractivity contribution is 5.07. The average molecular weight is 279 g/mol. The van der Waals surface area contributed by atoms with Crippen LogP contribution in [0.5, 0.6) is 0 Å². The van der Waals surface area contributed by atoms with Gasteiger partial charge in [0.1, 0.15) is 6.61 Å². The Kier molecular flexibility index (Phi) is 6.94. The lowest BCUT2D eigenvalue weighted by Gasteiger charge is -2.18. The first-order valence-corrected chi connectivity index (χ1v) is 6.40. The highest BCUT2D eigenvalue weighted by Gasteiger charge is 2.27. The summed E-state index contributed by atoms with van der Waals surface area (Å²) < 4.78 is 45.4. The van der Waals surface area contributed by atoms with E-state index in [-0.39, 0.29) is 12.6 Å². The monoisotopic (exact) mass is 279 g/mol. The number of hydrogen-bond donors (Lipinski definition) is 1. The Morgan fingerprint density at radius 3 is 2.79 bits per heavy atom. The Bertz CT molecular complexity index is 325. The fourth-order valence-corrected chi connectivity index (χ4v) is 1.73. The van der Waals surface area contributed by atoms with Crippen LogP contribution >= 0.6 is 0 Å². The number of halogens is 3. The maximum absolute atomic E-state index is 11.9. The van der Waals surface area contributed by atoms with E-state index in [2.05, 4.69) is 10.1 Å². The molecule has 19 heavy (non-hydrogen) atoms. The lowest BCUT2D eigenvalue weighted by atomic mass is 10.1. The molecule has 1 rings (SSSR count). The fourth-order valence-electron chi connectivity index (χ4n) is 1.73. The van der Waals surface area contributed by atoms with Gasteiger partial charge in [-0.25, -0.2) is 0 Å². The molecule has 1 atom stereocenters. The predicted molar refractivity (Wildman–Crippen MR) is 66.0 cm³/mol. The third-order valence-electron chi connectivity index (χ3n) is 2.62. The van der Waals surface area contributed by atoms with Crippen LogP contribution in [-0.4, -0.2) is 32.0 Å².